The van der Waals surface area contributed by atoms with Crippen LogP contribution in [0.15, 0.2) is 22.7 Å². The number of methoxy groups -OCH3 is 1. The summed E-state index contributed by atoms with van der Waals surface area (Å²) >= 11 is 0. The number of rotatable bonds is 7. The summed E-state index contributed by atoms with van der Waals surface area (Å²) in [6.07, 6.45) is 3.00. The molecule has 8 nitrogen and oxygen atoms in total. The molecule has 1 aromatic heterocycles. The molecule has 0 saturated carbocycles. The fraction of sp³-hybridized carbons (Fsp3) is 0.579. The van der Waals surface area contributed by atoms with Gasteiger partial charge in [-0.15, -0.1) is 0 Å². The first kappa shape index (κ1) is 20.0. The Morgan fingerprint density at radius 3 is 2.79 bits per heavy atom. The number of aromatic nitrogens is 2. The van der Waals surface area contributed by atoms with Crippen LogP contribution in [0.5, 0.6) is 11.5 Å². The number of alkyl halides is 2. The molecule has 0 aliphatic carbocycles. The SMILES string of the molecule is COc1cc(-c2noc(CN3CCCCC3C3OCCO3)n2)ccc1OC(F)F. The zero-order valence-electron chi connectivity index (χ0n) is 16.1. The first-order valence-electron chi connectivity index (χ1n) is 9.57. The quantitative estimate of drug-likeness (QED) is 0.688. The Morgan fingerprint density at radius 1 is 1.21 bits per heavy atom. The van der Waals surface area contributed by atoms with E-state index in [1.165, 1.54) is 19.2 Å². The van der Waals surface area contributed by atoms with Crippen molar-refractivity contribution in [3.63, 3.8) is 0 Å². The number of ether oxygens (including phenoxy) is 4. The average molecular weight is 411 g/mol. The van der Waals surface area contributed by atoms with Crippen LogP contribution in [0.4, 0.5) is 8.78 Å². The van der Waals surface area contributed by atoms with Crippen LogP contribution in [-0.2, 0) is 16.0 Å². The Morgan fingerprint density at radius 2 is 2.03 bits per heavy atom. The highest BCUT2D eigenvalue weighted by Gasteiger charge is 2.34. The summed E-state index contributed by atoms with van der Waals surface area (Å²) < 4.78 is 51.4. The molecule has 1 aromatic carbocycles. The molecule has 3 heterocycles. The summed E-state index contributed by atoms with van der Waals surface area (Å²) in [5, 5.41) is 4.02. The van der Waals surface area contributed by atoms with Gasteiger partial charge in [-0.25, -0.2) is 0 Å². The first-order valence-corrected chi connectivity index (χ1v) is 9.57. The summed E-state index contributed by atoms with van der Waals surface area (Å²) in [5.74, 6) is 0.934. The summed E-state index contributed by atoms with van der Waals surface area (Å²) in [7, 11) is 1.38. The minimum Gasteiger partial charge on any atom is -0.493 e. The van der Waals surface area contributed by atoms with Crippen LogP contribution < -0.4 is 9.47 Å². The number of hydrogen-bond donors (Lipinski definition) is 0. The van der Waals surface area contributed by atoms with Crippen molar-refractivity contribution < 1.29 is 32.3 Å². The lowest BCUT2D eigenvalue weighted by Crippen LogP contribution is -2.46. The molecule has 1 atom stereocenters. The van der Waals surface area contributed by atoms with E-state index in [2.05, 4.69) is 19.8 Å². The van der Waals surface area contributed by atoms with Crippen molar-refractivity contribution in [3.8, 4) is 22.9 Å². The Labute approximate surface area is 166 Å². The predicted octanol–water partition coefficient (Wildman–Crippen LogP) is 3.07. The smallest absolute Gasteiger partial charge is 0.387 e. The van der Waals surface area contributed by atoms with Gasteiger partial charge in [0.15, 0.2) is 17.8 Å². The van der Waals surface area contributed by atoms with Crippen molar-refractivity contribution in [1.29, 1.82) is 0 Å². The monoisotopic (exact) mass is 411 g/mol. The van der Waals surface area contributed by atoms with Crippen molar-refractivity contribution >= 4 is 0 Å². The standard InChI is InChI=1S/C19H23F2N3O5/c1-25-15-10-12(5-6-14(15)28-19(20)21)17-22-16(29-23-17)11-24-7-3-2-4-13(24)18-26-8-9-27-18/h5-6,10,13,18-19H,2-4,7-9,11H2,1H3. The Hall–Kier alpha value is -2.30. The summed E-state index contributed by atoms with van der Waals surface area (Å²) in [5.41, 5.74) is 0.580. The molecule has 2 aromatic rings. The molecule has 158 valence electrons. The maximum atomic E-state index is 12.5. The lowest BCUT2D eigenvalue weighted by molar-refractivity contribution is -0.112. The number of halogens is 2. The van der Waals surface area contributed by atoms with Crippen molar-refractivity contribution in [3.05, 3.63) is 24.1 Å². The van der Waals surface area contributed by atoms with Crippen LogP contribution in [0.3, 0.4) is 0 Å². The number of hydrogen-bond acceptors (Lipinski definition) is 8. The lowest BCUT2D eigenvalue weighted by atomic mass is 10.0. The molecule has 2 fully saturated rings. The van der Waals surface area contributed by atoms with Crippen LogP contribution in [0.2, 0.25) is 0 Å². The molecule has 29 heavy (non-hydrogen) atoms. The van der Waals surface area contributed by atoms with E-state index in [1.54, 1.807) is 6.07 Å². The maximum absolute atomic E-state index is 12.5. The second-order valence-electron chi connectivity index (χ2n) is 6.90. The fourth-order valence-corrected chi connectivity index (χ4v) is 3.73. The van der Waals surface area contributed by atoms with E-state index in [9.17, 15) is 8.78 Å². The molecular formula is C19H23F2N3O5. The van der Waals surface area contributed by atoms with Crippen molar-refractivity contribution in [1.82, 2.24) is 15.0 Å². The molecule has 2 saturated heterocycles. The fourth-order valence-electron chi connectivity index (χ4n) is 3.73. The average Bonchev–Trinajstić information content (AvgIpc) is 3.41. The first-order chi connectivity index (χ1) is 14.1. The molecule has 1 unspecified atom stereocenters. The second-order valence-corrected chi connectivity index (χ2v) is 6.90. The lowest BCUT2D eigenvalue weighted by Gasteiger charge is -2.36. The molecular weight excluding hydrogens is 388 g/mol. The zero-order chi connectivity index (χ0) is 20.2. The highest BCUT2D eigenvalue weighted by atomic mass is 19.3. The minimum absolute atomic E-state index is 0.0531. The van der Waals surface area contributed by atoms with Crippen molar-refractivity contribution in [2.75, 3.05) is 26.9 Å². The van der Waals surface area contributed by atoms with Crippen LogP contribution in [0.25, 0.3) is 11.4 Å². The van der Waals surface area contributed by atoms with E-state index >= 15 is 0 Å². The molecule has 0 bridgehead atoms. The highest BCUT2D eigenvalue weighted by molar-refractivity contribution is 5.60. The van der Waals surface area contributed by atoms with Crippen LogP contribution in [0, 0.1) is 0 Å². The number of likely N-dealkylation sites (tertiary alicyclic amines) is 1. The van der Waals surface area contributed by atoms with Gasteiger partial charge >= 0.3 is 6.61 Å². The van der Waals surface area contributed by atoms with Gasteiger partial charge in [-0.1, -0.05) is 11.6 Å². The van der Waals surface area contributed by atoms with Gasteiger partial charge in [-0.3, -0.25) is 4.90 Å². The summed E-state index contributed by atoms with van der Waals surface area (Å²) in [6, 6.07) is 4.67. The number of benzene rings is 1. The van der Waals surface area contributed by atoms with Gasteiger partial charge in [-0.2, -0.15) is 13.8 Å². The zero-order valence-corrected chi connectivity index (χ0v) is 16.1. The second kappa shape index (κ2) is 9.02. The summed E-state index contributed by atoms with van der Waals surface area (Å²) in [6.45, 7) is -0.305. The largest absolute Gasteiger partial charge is 0.493 e. The number of nitrogens with zero attached hydrogens (tertiary/aromatic N) is 3. The van der Waals surface area contributed by atoms with Gasteiger partial charge in [0.25, 0.3) is 0 Å². The van der Waals surface area contributed by atoms with E-state index in [0.29, 0.717) is 37.0 Å². The molecule has 0 amide bonds. The van der Waals surface area contributed by atoms with Crippen LogP contribution in [-0.4, -0.2) is 60.9 Å². The Kier molecular flexibility index (Phi) is 6.22. The predicted molar refractivity (Wildman–Crippen MR) is 96.7 cm³/mol. The van der Waals surface area contributed by atoms with E-state index < -0.39 is 6.61 Å². The van der Waals surface area contributed by atoms with Gasteiger partial charge in [-0.05, 0) is 37.6 Å². The van der Waals surface area contributed by atoms with E-state index in [1.807, 2.05) is 0 Å². The van der Waals surface area contributed by atoms with Crippen molar-refractivity contribution in [2.24, 2.45) is 0 Å². The summed E-state index contributed by atoms with van der Waals surface area (Å²) in [4.78, 5) is 6.70. The maximum Gasteiger partial charge on any atom is 0.387 e. The normalized spacial score (nSPS) is 21.0. The minimum atomic E-state index is -2.93. The van der Waals surface area contributed by atoms with Crippen molar-refractivity contribution in [2.45, 2.75) is 44.8 Å². The third-order valence-corrected chi connectivity index (χ3v) is 5.07. The molecule has 4 rings (SSSR count). The van der Waals surface area contributed by atoms with Gasteiger partial charge in [0.1, 0.15) is 0 Å². The topological polar surface area (TPSA) is 79.1 Å². The van der Waals surface area contributed by atoms with Gasteiger partial charge in [0.2, 0.25) is 11.7 Å². The third-order valence-electron chi connectivity index (χ3n) is 5.07. The van der Waals surface area contributed by atoms with Gasteiger partial charge in [0, 0.05) is 5.56 Å². The Bertz CT molecular complexity index is 813. The Balaban J connectivity index is 1.47. The number of piperidine rings is 1. The third kappa shape index (κ3) is 4.65. The molecule has 0 radical (unpaired) electrons. The molecule has 0 N–H and O–H groups in total. The molecule has 2 aliphatic rings. The highest BCUT2D eigenvalue weighted by Crippen LogP contribution is 2.33. The van der Waals surface area contributed by atoms with E-state index in [-0.39, 0.29) is 23.8 Å². The molecule has 2 aliphatic heterocycles. The van der Waals surface area contributed by atoms with Gasteiger partial charge in [0.05, 0.1) is 32.9 Å². The molecule has 0 spiro atoms. The van der Waals surface area contributed by atoms with Crippen LogP contribution in [0.1, 0.15) is 25.2 Å². The van der Waals surface area contributed by atoms with E-state index in [0.717, 1.165) is 25.8 Å². The van der Waals surface area contributed by atoms with Gasteiger partial charge < -0.3 is 23.5 Å². The molecule has 10 heteroatoms. The van der Waals surface area contributed by atoms with Crippen LogP contribution >= 0.6 is 0 Å². The van der Waals surface area contributed by atoms with E-state index in [4.69, 9.17) is 18.7 Å².